The Kier molecular flexibility index (Phi) is 6.19. The maximum absolute atomic E-state index is 11.0. The summed E-state index contributed by atoms with van der Waals surface area (Å²) in [5, 5.41) is 2.84. The SMILES string of the molecule is CC(=O)N[C@@H](C)COC1CCC(Oc2nc3ccc(Br)cc3n2C)CC1. The summed E-state index contributed by atoms with van der Waals surface area (Å²) in [7, 11) is 1.98. The van der Waals surface area contributed by atoms with Gasteiger partial charge in [-0.15, -0.1) is 0 Å². The number of imidazole rings is 1. The summed E-state index contributed by atoms with van der Waals surface area (Å²) in [5.41, 5.74) is 1.99. The van der Waals surface area contributed by atoms with Gasteiger partial charge in [0.2, 0.25) is 5.91 Å². The van der Waals surface area contributed by atoms with Gasteiger partial charge >= 0.3 is 0 Å². The Balaban J connectivity index is 1.50. The first kappa shape index (κ1) is 19.2. The first-order chi connectivity index (χ1) is 12.4. The van der Waals surface area contributed by atoms with Crippen LogP contribution in [0.4, 0.5) is 0 Å². The molecular formula is C19H26BrN3O3. The minimum atomic E-state index is -0.0207. The van der Waals surface area contributed by atoms with E-state index in [0.29, 0.717) is 12.6 Å². The molecule has 1 aromatic carbocycles. The van der Waals surface area contributed by atoms with Crippen molar-refractivity contribution in [1.29, 1.82) is 0 Å². The van der Waals surface area contributed by atoms with Crippen molar-refractivity contribution >= 4 is 32.9 Å². The van der Waals surface area contributed by atoms with Gasteiger partial charge in [-0.1, -0.05) is 15.9 Å². The predicted molar refractivity (Wildman–Crippen MR) is 104 cm³/mol. The Bertz CT molecular complexity index is 769. The van der Waals surface area contributed by atoms with E-state index in [1.165, 1.54) is 6.92 Å². The van der Waals surface area contributed by atoms with Crippen LogP contribution in [-0.4, -0.2) is 40.3 Å². The highest BCUT2D eigenvalue weighted by Crippen LogP contribution is 2.28. The van der Waals surface area contributed by atoms with Crippen LogP contribution in [0.5, 0.6) is 6.01 Å². The first-order valence-electron chi connectivity index (χ1n) is 9.09. The number of hydrogen-bond donors (Lipinski definition) is 1. The van der Waals surface area contributed by atoms with E-state index in [1.807, 2.05) is 30.7 Å². The molecule has 1 N–H and O–H groups in total. The zero-order valence-electron chi connectivity index (χ0n) is 15.5. The molecule has 0 saturated heterocycles. The molecule has 1 aromatic heterocycles. The van der Waals surface area contributed by atoms with Gasteiger partial charge in [0.25, 0.3) is 6.01 Å². The van der Waals surface area contributed by atoms with Gasteiger partial charge < -0.3 is 14.8 Å². The van der Waals surface area contributed by atoms with Crippen LogP contribution in [-0.2, 0) is 16.6 Å². The molecule has 0 spiro atoms. The average molecular weight is 424 g/mol. The number of amides is 1. The van der Waals surface area contributed by atoms with Crippen LogP contribution in [0.25, 0.3) is 11.0 Å². The zero-order valence-corrected chi connectivity index (χ0v) is 17.1. The zero-order chi connectivity index (χ0) is 18.7. The number of fused-ring (bicyclic) bond motifs is 1. The number of ether oxygens (including phenoxy) is 2. The van der Waals surface area contributed by atoms with Gasteiger partial charge in [0.05, 0.1) is 23.7 Å². The Hall–Kier alpha value is -1.60. The van der Waals surface area contributed by atoms with Crippen molar-refractivity contribution < 1.29 is 14.3 Å². The average Bonchev–Trinajstić information content (AvgIpc) is 2.89. The van der Waals surface area contributed by atoms with Crippen molar-refractivity contribution in [2.24, 2.45) is 7.05 Å². The van der Waals surface area contributed by atoms with Gasteiger partial charge in [-0.3, -0.25) is 9.36 Å². The van der Waals surface area contributed by atoms with Crippen LogP contribution in [0.2, 0.25) is 0 Å². The number of rotatable bonds is 6. The van der Waals surface area contributed by atoms with Crippen LogP contribution < -0.4 is 10.1 Å². The lowest BCUT2D eigenvalue weighted by Crippen LogP contribution is -2.37. The quantitative estimate of drug-likeness (QED) is 0.770. The van der Waals surface area contributed by atoms with Crippen LogP contribution in [0, 0.1) is 0 Å². The lowest BCUT2D eigenvalue weighted by atomic mass is 9.95. The van der Waals surface area contributed by atoms with Gasteiger partial charge in [0, 0.05) is 24.5 Å². The van der Waals surface area contributed by atoms with Crippen molar-refractivity contribution in [3.8, 4) is 6.01 Å². The number of nitrogens with zero attached hydrogens (tertiary/aromatic N) is 2. The Labute approximate surface area is 162 Å². The largest absolute Gasteiger partial charge is 0.461 e. The second-order valence-corrected chi connectivity index (χ2v) is 7.95. The van der Waals surface area contributed by atoms with E-state index in [-0.39, 0.29) is 24.2 Å². The number of carbonyl (C=O) groups is 1. The summed E-state index contributed by atoms with van der Waals surface area (Å²) in [6.45, 7) is 4.04. The minimum Gasteiger partial charge on any atom is -0.461 e. The molecular weight excluding hydrogens is 398 g/mol. The monoisotopic (exact) mass is 423 g/mol. The van der Waals surface area contributed by atoms with Gasteiger partial charge in [-0.25, -0.2) is 0 Å². The second-order valence-electron chi connectivity index (χ2n) is 7.04. The Morgan fingerprint density at radius 3 is 2.73 bits per heavy atom. The van der Waals surface area contributed by atoms with E-state index in [1.54, 1.807) is 0 Å². The van der Waals surface area contributed by atoms with Gasteiger partial charge in [-0.2, -0.15) is 4.98 Å². The third-order valence-corrected chi connectivity index (χ3v) is 5.22. The second kappa shape index (κ2) is 8.39. The van der Waals surface area contributed by atoms with E-state index in [2.05, 4.69) is 32.3 Å². The summed E-state index contributed by atoms with van der Waals surface area (Å²) in [5.74, 6) is -0.0207. The molecule has 0 radical (unpaired) electrons. The molecule has 1 heterocycles. The van der Waals surface area contributed by atoms with Crippen LogP contribution in [0.15, 0.2) is 22.7 Å². The maximum atomic E-state index is 11.0. The lowest BCUT2D eigenvalue weighted by molar-refractivity contribution is -0.120. The smallest absolute Gasteiger partial charge is 0.297 e. The summed E-state index contributed by atoms with van der Waals surface area (Å²) < 4.78 is 15.1. The van der Waals surface area contributed by atoms with Gasteiger partial charge in [0.1, 0.15) is 6.10 Å². The van der Waals surface area contributed by atoms with Crippen molar-refractivity contribution in [3.05, 3.63) is 22.7 Å². The molecule has 142 valence electrons. The molecule has 1 atom stereocenters. The number of benzene rings is 1. The first-order valence-corrected chi connectivity index (χ1v) is 9.89. The Morgan fingerprint density at radius 2 is 2.04 bits per heavy atom. The molecule has 1 saturated carbocycles. The Morgan fingerprint density at radius 1 is 1.35 bits per heavy atom. The summed E-state index contributed by atoms with van der Waals surface area (Å²) in [6.07, 6.45) is 4.24. The molecule has 26 heavy (non-hydrogen) atoms. The predicted octanol–water partition coefficient (Wildman–Crippen LogP) is 3.57. The molecule has 1 aliphatic rings. The highest BCUT2D eigenvalue weighted by atomic mass is 79.9. The number of nitrogens with one attached hydrogen (secondary N) is 1. The third kappa shape index (κ3) is 4.76. The lowest BCUT2D eigenvalue weighted by Gasteiger charge is -2.29. The van der Waals surface area contributed by atoms with E-state index >= 15 is 0 Å². The molecule has 1 fully saturated rings. The third-order valence-electron chi connectivity index (χ3n) is 4.73. The molecule has 6 nitrogen and oxygen atoms in total. The van der Waals surface area contributed by atoms with E-state index < -0.39 is 0 Å². The standard InChI is InChI=1S/C19H26BrN3O3/c1-12(21-13(2)24)11-25-15-5-7-16(8-6-15)26-19-22-17-9-4-14(20)10-18(17)23(19)3/h4,9-10,12,15-16H,5-8,11H2,1-3H3,(H,21,24)/t12-,15?,16?/m0/s1. The van der Waals surface area contributed by atoms with Crippen molar-refractivity contribution in [2.45, 2.75) is 57.8 Å². The summed E-state index contributed by atoms with van der Waals surface area (Å²) >= 11 is 3.50. The van der Waals surface area contributed by atoms with Crippen LogP contribution in [0.3, 0.4) is 0 Å². The highest BCUT2D eigenvalue weighted by Gasteiger charge is 2.25. The van der Waals surface area contributed by atoms with Crippen molar-refractivity contribution in [1.82, 2.24) is 14.9 Å². The number of aromatic nitrogens is 2. The summed E-state index contributed by atoms with van der Waals surface area (Å²) in [4.78, 5) is 15.6. The molecule has 1 aliphatic carbocycles. The molecule has 7 heteroatoms. The highest BCUT2D eigenvalue weighted by molar-refractivity contribution is 9.10. The number of aryl methyl sites for hydroxylation is 1. The van der Waals surface area contributed by atoms with Crippen LogP contribution >= 0.6 is 15.9 Å². The van der Waals surface area contributed by atoms with E-state index in [4.69, 9.17) is 9.47 Å². The number of hydrogen-bond acceptors (Lipinski definition) is 4. The fraction of sp³-hybridized carbons (Fsp3) is 0.579. The maximum Gasteiger partial charge on any atom is 0.297 e. The molecule has 2 aromatic rings. The fourth-order valence-electron chi connectivity index (χ4n) is 3.38. The molecule has 0 bridgehead atoms. The van der Waals surface area contributed by atoms with Gasteiger partial charge in [-0.05, 0) is 50.8 Å². The topological polar surface area (TPSA) is 65.4 Å². The fourth-order valence-corrected chi connectivity index (χ4v) is 3.73. The summed E-state index contributed by atoms with van der Waals surface area (Å²) in [6, 6.07) is 6.75. The van der Waals surface area contributed by atoms with Crippen molar-refractivity contribution in [3.63, 3.8) is 0 Å². The molecule has 3 rings (SSSR count). The van der Waals surface area contributed by atoms with Crippen LogP contribution in [0.1, 0.15) is 39.5 Å². The molecule has 1 amide bonds. The molecule has 0 aliphatic heterocycles. The van der Waals surface area contributed by atoms with E-state index in [9.17, 15) is 4.79 Å². The van der Waals surface area contributed by atoms with Gasteiger partial charge in [0.15, 0.2) is 0 Å². The minimum absolute atomic E-state index is 0.0207. The normalized spacial score (nSPS) is 21.5. The van der Waals surface area contributed by atoms with Crippen molar-refractivity contribution in [2.75, 3.05) is 6.61 Å². The molecule has 0 unspecified atom stereocenters. The number of halogens is 1. The van der Waals surface area contributed by atoms with E-state index in [0.717, 1.165) is 41.2 Å². The number of carbonyl (C=O) groups excluding carboxylic acids is 1.